The van der Waals surface area contributed by atoms with E-state index in [1.807, 2.05) is 26.0 Å². The minimum atomic E-state index is -0.147. The summed E-state index contributed by atoms with van der Waals surface area (Å²) >= 11 is 0.118. The molecule has 0 saturated heterocycles. The van der Waals surface area contributed by atoms with Gasteiger partial charge in [0.05, 0.1) is 0 Å². The summed E-state index contributed by atoms with van der Waals surface area (Å²) in [6.45, 7) is 4.28. The van der Waals surface area contributed by atoms with Crippen LogP contribution in [0, 0.1) is 6.92 Å². The second-order valence-corrected chi connectivity index (χ2v) is 5.48. The number of hydrogen-bond donors (Lipinski definition) is 0. The van der Waals surface area contributed by atoms with Crippen LogP contribution in [-0.4, -0.2) is 27.1 Å². The van der Waals surface area contributed by atoms with Crippen molar-refractivity contribution in [3.8, 4) is 0 Å². The first kappa shape index (κ1) is 10.5. The van der Waals surface area contributed by atoms with E-state index >= 15 is 0 Å². The fourth-order valence-electron chi connectivity index (χ4n) is 1.57. The number of rotatable bonds is 2. The van der Waals surface area contributed by atoms with Gasteiger partial charge in [-0.15, -0.1) is 0 Å². The van der Waals surface area contributed by atoms with Gasteiger partial charge in [0.1, 0.15) is 0 Å². The zero-order valence-corrected chi connectivity index (χ0v) is 10.5. The Kier molecular flexibility index (Phi) is 2.94. The molecule has 0 saturated carbocycles. The molecule has 1 aromatic heterocycles. The molecule has 0 spiro atoms. The molecule has 0 N–H and O–H groups in total. The number of carbonyl (C=O) groups excluding carboxylic acids is 1. The summed E-state index contributed by atoms with van der Waals surface area (Å²) in [6.07, 6.45) is 0. The third kappa shape index (κ3) is 1.85. The summed E-state index contributed by atoms with van der Waals surface area (Å²) in [6, 6.07) is 8.18. The van der Waals surface area contributed by atoms with Gasteiger partial charge in [0, 0.05) is 0 Å². The van der Waals surface area contributed by atoms with Gasteiger partial charge in [-0.1, -0.05) is 0 Å². The number of ether oxygens (including phenoxy) is 1. The number of hydrogen-bond acceptors (Lipinski definition) is 2. The first-order chi connectivity index (χ1) is 7.24. The van der Waals surface area contributed by atoms with Crippen molar-refractivity contribution < 1.29 is 9.53 Å². The van der Waals surface area contributed by atoms with E-state index < -0.39 is 0 Å². The first-order valence-electron chi connectivity index (χ1n) is 4.89. The van der Waals surface area contributed by atoms with E-state index in [4.69, 9.17) is 4.74 Å². The minimum absolute atomic E-state index is 0.118. The summed E-state index contributed by atoms with van der Waals surface area (Å²) in [5.41, 5.74) is 1.09. The van der Waals surface area contributed by atoms with Gasteiger partial charge in [-0.05, 0) is 0 Å². The molecule has 1 heterocycles. The zero-order valence-electron chi connectivity index (χ0n) is 8.74. The van der Waals surface area contributed by atoms with Crippen LogP contribution in [0.3, 0.4) is 0 Å². The number of fused-ring (bicyclic) bond motifs is 1. The fourth-order valence-corrected chi connectivity index (χ4v) is 3.88. The number of carbonyl (C=O) groups is 1. The summed E-state index contributed by atoms with van der Waals surface area (Å²) in [5.74, 6) is -0.147. The van der Waals surface area contributed by atoms with Gasteiger partial charge in [-0.2, -0.15) is 0 Å². The molecule has 0 aliphatic carbocycles. The second kappa shape index (κ2) is 4.21. The Bertz CT molecular complexity index is 499. The van der Waals surface area contributed by atoms with E-state index in [0.29, 0.717) is 6.61 Å². The van der Waals surface area contributed by atoms with Crippen molar-refractivity contribution in [2.45, 2.75) is 13.8 Å². The van der Waals surface area contributed by atoms with Gasteiger partial charge in [-0.3, -0.25) is 0 Å². The standard InChI is InChI=1S/C12H12O2Se/c1-3-14-12(13)11-8(2)9-6-4-5-7-10(9)15-11/h4-7H,3H2,1-2H3. The first-order valence-corrected chi connectivity index (χ1v) is 6.60. The van der Waals surface area contributed by atoms with Crippen LogP contribution in [-0.2, 0) is 4.74 Å². The summed E-state index contributed by atoms with van der Waals surface area (Å²) in [7, 11) is 0. The topological polar surface area (TPSA) is 26.3 Å². The maximum atomic E-state index is 11.7. The molecule has 0 atom stereocenters. The van der Waals surface area contributed by atoms with Crippen LogP contribution in [0.25, 0.3) is 9.65 Å². The molecule has 0 amide bonds. The van der Waals surface area contributed by atoms with E-state index in [1.54, 1.807) is 0 Å². The molecule has 3 heteroatoms. The molecule has 2 rings (SSSR count). The van der Waals surface area contributed by atoms with Crippen LogP contribution < -0.4 is 0 Å². The van der Waals surface area contributed by atoms with E-state index in [2.05, 4.69) is 12.1 Å². The average molecular weight is 267 g/mol. The number of esters is 1. The molecule has 1 aromatic carbocycles. The van der Waals surface area contributed by atoms with Gasteiger partial charge >= 0.3 is 94.4 Å². The molecular formula is C12H12O2Se. The van der Waals surface area contributed by atoms with Crippen molar-refractivity contribution in [1.82, 2.24) is 0 Å². The zero-order chi connectivity index (χ0) is 10.8. The molecule has 2 aromatic rings. The van der Waals surface area contributed by atoms with E-state index in [0.717, 1.165) is 10.0 Å². The molecule has 2 nitrogen and oxygen atoms in total. The van der Waals surface area contributed by atoms with Crippen molar-refractivity contribution >= 4 is 30.1 Å². The van der Waals surface area contributed by atoms with E-state index in [-0.39, 0.29) is 20.5 Å². The van der Waals surface area contributed by atoms with Crippen LogP contribution >= 0.6 is 0 Å². The van der Waals surface area contributed by atoms with Crippen molar-refractivity contribution in [2.75, 3.05) is 6.61 Å². The summed E-state index contributed by atoms with van der Waals surface area (Å²) in [4.78, 5) is 11.7. The molecule has 0 fully saturated rings. The Morgan fingerprint density at radius 3 is 2.80 bits per heavy atom. The number of aryl methyl sites for hydroxylation is 1. The van der Waals surface area contributed by atoms with Crippen LogP contribution in [0.4, 0.5) is 0 Å². The second-order valence-electron chi connectivity index (χ2n) is 3.27. The third-order valence-corrected chi connectivity index (χ3v) is 4.93. The number of benzene rings is 1. The van der Waals surface area contributed by atoms with Crippen LogP contribution in [0.1, 0.15) is 21.7 Å². The Morgan fingerprint density at radius 1 is 1.40 bits per heavy atom. The molecule has 78 valence electrons. The maximum absolute atomic E-state index is 11.7. The Morgan fingerprint density at radius 2 is 2.13 bits per heavy atom. The average Bonchev–Trinajstić information content (AvgIpc) is 2.57. The Balaban J connectivity index is 2.53. The third-order valence-electron chi connectivity index (χ3n) is 2.30. The predicted molar refractivity (Wildman–Crippen MR) is 61.6 cm³/mol. The van der Waals surface area contributed by atoms with Crippen LogP contribution in [0.2, 0.25) is 0 Å². The van der Waals surface area contributed by atoms with Crippen molar-refractivity contribution in [2.24, 2.45) is 0 Å². The van der Waals surface area contributed by atoms with Gasteiger partial charge in [0.15, 0.2) is 0 Å². The fraction of sp³-hybridized carbons (Fsp3) is 0.250. The molecule has 0 unspecified atom stereocenters. The van der Waals surface area contributed by atoms with Gasteiger partial charge < -0.3 is 0 Å². The molecular weight excluding hydrogens is 255 g/mol. The Hall–Kier alpha value is -1.05. The molecule has 0 bridgehead atoms. The van der Waals surface area contributed by atoms with Crippen molar-refractivity contribution in [3.05, 3.63) is 34.3 Å². The Labute approximate surface area is 94.6 Å². The van der Waals surface area contributed by atoms with E-state index in [9.17, 15) is 4.79 Å². The van der Waals surface area contributed by atoms with Gasteiger partial charge in [0.2, 0.25) is 0 Å². The quantitative estimate of drug-likeness (QED) is 0.617. The van der Waals surface area contributed by atoms with Crippen LogP contribution in [0.5, 0.6) is 0 Å². The van der Waals surface area contributed by atoms with Crippen LogP contribution in [0.15, 0.2) is 24.3 Å². The van der Waals surface area contributed by atoms with Crippen molar-refractivity contribution in [3.63, 3.8) is 0 Å². The molecule has 15 heavy (non-hydrogen) atoms. The van der Waals surface area contributed by atoms with Crippen molar-refractivity contribution in [1.29, 1.82) is 0 Å². The summed E-state index contributed by atoms with van der Waals surface area (Å²) < 4.78 is 7.20. The van der Waals surface area contributed by atoms with Gasteiger partial charge in [0.25, 0.3) is 0 Å². The SMILES string of the molecule is CCOC(=O)c1[se]c2ccccc2c1C. The van der Waals surface area contributed by atoms with Gasteiger partial charge in [-0.25, -0.2) is 0 Å². The molecule has 0 radical (unpaired) electrons. The van der Waals surface area contributed by atoms with E-state index in [1.165, 1.54) is 9.65 Å². The molecule has 0 aliphatic rings. The predicted octanol–water partition coefficient (Wildman–Crippen LogP) is 2.38. The summed E-state index contributed by atoms with van der Waals surface area (Å²) in [5, 5.41) is 1.21. The molecule has 0 aliphatic heterocycles. The normalized spacial score (nSPS) is 10.5. The monoisotopic (exact) mass is 268 g/mol.